The van der Waals surface area contributed by atoms with Crippen LogP contribution in [0.4, 0.5) is 0 Å². The van der Waals surface area contributed by atoms with Gasteiger partial charge in [-0.05, 0) is 39.0 Å². The molecule has 0 atom stereocenters. The quantitative estimate of drug-likeness (QED) is 0.799. The zero-order valence-electron chi connectivity index (χ0n) is 14.5. The van der Waals surface area contributed by atoms with Crippen molar-refractivity contribution in [1.82, 2.24) is 24.9 Å². The number of aromatic amines is 1. The van der Waals surface area contributed by atoms with Crippen molar-refractivity contribution in [2.45, 2.75) is 27.3 Å². The molecule has 1 amide bonds. The molecule has 24 heavy (non-hydrogen) atoms. The number of nitrogens with zero attached hydrogens (tertiary/aromatic N) is 4. The van der Waals surface area contributed by atoms with Gasteiger partial charge in [-0.1, -0.05) is 0 Å². The van der Waals surface area contributed by atoms with Gasteiger partial charge in [0, 0.05) is 25.4 Å². The molecular weight excluding hydrogens is 306 g/mol. The van der Waals surface area contributed by atoms with Crippen molar-refractivity contribution in [3.05, 3.63) is 46.8 Å². The Kier molecular flexibility index (Phi) is 4.01. The highest BCUT2D eigenvalue weighted by Crippen LogP contribution is 2.25. The Labute approximate surface area is 140 Å². The second kappa shape index (κ2) is 5.99. The SMILES string of the molecule is Cc1ccc(CN(C)C(=O)c2cc(-c3c(C)nn(C)c3C)n[nH]2)o1. The summed E-state index contributed by atoms with van der Waals surface area (Å²) in [6, 6.07) is 5.53. The Morgan fingerprint density at radius 3 is 2.67 bits per heavy atom. The Hall–Kier alpha value is -2.83. The summed E-state index contributed by atoms with van der Waals surface area (Å²) in [5, 5.41) is 11.5. The number of carbonyl (C=O) groups excluding carboxylic acids is 1. The van der Waals surface area contributed by atoms with Crippen LogP contribution in [0.25, 0.3) is 11.3 Å². The topological polar surface area (TPSA) is 80.0 Å². The third kappa shape index (κ3) is 2.84. The number of aryl methyl sites for hydroxylation is 3. The molecule has 0 radical (unpaired) electrons. The van der Waals surface area contributed by atoms with Crippen LogP contribution in [-0.4, -0.2) is 37.8 Å². The number of rotatable bonds is 4. The van der Waals surface area contributed by atoms with Gasteiger partial charge >= 0.3 is 0 Å². The molecule has 7 heteroatoms. The minimum absolute atomic E-state index is 0.137. The fraction of sp³-hybridized carbons (Fsp3) is 0.353. The van der Waals surface area contributed by atoms with Crippen molar-refractivity contribution in [2.24, 2.45) is 7.05 Å². The summed E-state index contributed by atoms with van der Waals surface area (Å²) in [6.45, 7) is 6.21. The van der Waals surface area contributed by atoms with E-state index in [9.17, 15) is 4.79 Å². The highest BCUT2D eigenvalue weighted by molar-refractivity contribution is 5.93. The zero-order chi connectivity index (χ0) is 17.4. The van der Waals surface area contributed by atoms with Crippen LogP contribution in [0.15, 0.2) is 22.6 Å². The first-order valence-corrected chi connectivity index (χ1v) is 7.73. The lowest BCUT2D eigenvalue weighted by molar-refractivity contribution is 0.0769. The Bertz CT molecular complexity index is 887. The fourth-order valence-electron chi connectivity index (χ4n) is 2.78. The molecule has 126 valence electrons. The van der Waals surface area contributed by atoms with Gasteiger partial charge in [-0.15, -0.1) is 0 Å². The molecule has 3 rings (SSSR count). The first kappa shape index (κ1) is 16.0. The monoisotopic (exact) mass is 327 g/mol. The summed E-state index contributed by atoms with van der Waals surface area (Å²) in [7, 11) is 3.63. The molecule has 0 aliphatic rings. The average molecular weight is 327 g/mol. The molecule has 0 saturated heterocycles. The third-order valence-corrected chi connectivity index (χ3v) is 4.11. The van der Waals surface area contributed by atoms with Crippen molar-refractivity contribution in [3.8, 4) is 11.3 Å². The molecule has 3 aromatic heterocycles. The number of aromatic nitrogens is 4. The fourth-order valence-corrected chi connectivity index (χ4v) is 2.78. The van der Waals surface area contributed by atoms with E-state index in [0.717, 1.165) is 34.2 Å². The Morgan fingerprint density at radius 2 is 2.08 bits per heavy atom. The van der Waals surface area contributed by atoms with Crippen molar-refractivity contribution >= 4 is 5.91 Å². The standard InChI is InChI=1S/C17H21N5O2/c1-10-6-7-13(24-10)9-21(4)17(23)15-8-14(18-19-15)16-11(2)20-22(5)12(16)3/h6-8H,9H2,1-5H3,(H,18,19). The Balaban J connectivity index is 1.80. The number of hydrogen-bond donors (Lipinski definition) is 1. The van der Waals surface area contributed by atoms with Crippen molar-refractivity contribution in [3.63, 3.8) is 0 Å². The lowest BCUT2D eigenvalue weighted by atomic mass is 10.1. The van der Waals surface area contributed by atoms with Crippen LogP contribution >= 0.6 is 0 Å². The molecule has 0 bridgehead atoms. The van der Waals surface area contributed by atoms with Crippen LogP contribution in [-0.2, 0) is 13.6 Å². The smallest absolute Gasteiger partial charge is 0.272 e. The highest BCUT2D eigenvalue weighted by Gasteiger charge is 2.19. The molecular formula is C17H21N5O2. The minimum atomic E-state index is -0.137. The van der Waals surface area contributed by atoms with Crippen LogP contribution in [0, 0.1) is 20.8 Å². The number of carbonyl (C=O) groups is 1. The second-order valence-electron chi connectivity index (χ2n) is 6.01. The number of hydrogen-bond acceptors (Lipinski definition) is 4. The zero-order valence-corrected chi connectivity index (χ0v) is 14.5. The molecule has 7 nitrogen and oxygen atoms in total. The molecule has 3 aromatic rings. The largest absolute Gasteiger partial charge is 0.464 e. The van der Waals surface area contributed by atoms with E-state index in [-0.39, 0.29) is 5.91 Å². The molecule has 0 saturated carbocycles. The Morgan fingerprint density at radius 1 is 1.33 bits per heavy atom. The first-order valence-electron chi connectivity index (χ1n) is 7.73. The van der Waals surface area contributed by atoms with Gasteiger partial charge in [-0.25, -0.2) is 0 Å². The number of amides is 1. The van der Waals surface area contributed by atoms with Crippen LogP contribution in [0.5, 0.6) is 0 Å². The van der Waals surface area contributed by atoms with E-state index in [1.54, 1.807) is 18.0 Å². The van der Waals surface area contributed by atoms with Crippen LogP contribution in [0.3, 0.4) is 0 Å². The normalized spacial score (nSPS) is 11.0. The van der Waals surface area contributed by atoms with Crippen LogP contribution in [0.1, 0.15) is 33.4 Å². The molecule has 1 N–H and O–H groups in total. The van der Waals surface area contributed by atoms with E-state index < -0.39 is 0 Å². The lowest BCUT2D eigenvalue weighted by Gasteiger charge is -2.14. The van der Waals surface area contributed by atoms with Gasteiger partial charge in [0.1, 0.15) is 17.2 Å². The van der Waals surface area contributed by atoms with E-state index >= 15 is 0 Å². The highest BCUT2D eigenvalue weighted by atomic mass is 16.3. The van der Waals surface area contributed by atoms with E-state index in [2.05, 4.69) is 15.3 Å². The molecule has 0 unspecified atom stereocenters. The maximum Gasteiger partial charge on any atom is 0.272 e. The predicted octanol–water partition coefficient (Wildman–Crippen LogP) is 2.60. The van der Waals surface area contributed by atoms with Gasteiger partial charge in [-0.3, -0.25) is 14.6 Å². The van der Waals surface area contributed by atoms with E-state index in [4.69, 9.17) is 4.42 Å². The average Bonchev–Trinajstić information content (AvgIpc) is 3.20. The van der Waals surface area contributed by atoms with E-state index in [1.165, 1.54) is 0 Å². The predicted molar refractivity (Wildman–Crippen MR) is 89.5 cm³/mol. The first-order chi connectivity index (χ1) is 11.4. The van der Waals surface area contributed by atoms with E-state index in [0.29, 0.717) is 12.2 Å². The van der Waals surface area contributed by atoms with E-state index in [1.807, 2.05) is 44.6 Å². The maximum absolute atomic E-state index is 12.6. The van der Waals surface area contributed by atoms with Crippen molar-refractivity contribution < 1.29 is 9.21 Å². The molecule has 0 aliphatic heterocycles. The van der Waals surface area contributed by atoms with Gasteiger partial charge < -0.3 is 9.32 Å². The van der Waals surface area contributed by atoms with Gasteiger partial charge in [0.2, 0.25) is 0 Å². The summed E-state index contributed by atoms with van der Waals surface area (Å²) in [5.41, 5.74) is 4.02. The number of H-pyrrole nitrogens is 1. The van der Waals surface area contributed by atoms with Gasteiger partial charge in [0.25, 0.3) is 5.91 Å². The summed E-state index contributed by atoms with van der Waals surface area (Å²) in [5.74, 6) is 1.45. The molecule has 0 spiro atoms. The van der Waals surface area contributed by atoms with Gasteiger partial charge in [0.15, 0.2) is 0 Å². The third-order valence-electron chi connectivity index (χ3n) is 4.11. The van der Waals surface area contributed by atoms with Crippen LogP contribution in [0.2, 0.25) is 0 Å². The summed E-state index contributed by atoms with van der Waals surface area (Å²) < 4.78 is 7.33. The van der Waals surface area contributed by atoms with Crippen molar-refractivity contribution in [2.75, 3.05) is 7.05 Å². The number of furan rings is 1. The molecule has 0 aliphatic carbocycles. The second-order valence-corrected chi connectivity index (χ2v) is 6.01. The van der Waals surface area contributed by atoms with Crippen LogP contribution < -0.4 is 0 Å². The number of nitrogens with one attached hydrogen (secondary N) is 1. The minimum Gasteiger partial charge on any atom is -0.464 e. The summed E-state index contributed by atoms with van der Waals surface area (Å²) >= 11 is 0. The molecule has 0 fully saturated rings. The lowest BCUT2D eigenvalue weighted by Crippen LogP contribution is -2.26. The summed E-state index contributed by atoms with van der Waals surface area (Å²) in [4.78, 5) is 14.2. The molecule has 3 heterocycles. The van der Waals surface area contributed by atoms with Gasteiger partial charge in [-0.2, -0.15) is 10.2 Å². The summed E-state index contributed by atoms with van der Waals surface area (Å²) in [6.07, 6.45) is 0. The van der Waals surface area contributed by atoms with Crippen molar-refractivity contribution in [1.29, 1.82) is 0 Å². The molecule has 0 aromatic carbocycles. The maximum atomic E-state index is 12.6. The van der Waals surface area contributed by atoms with Gasteiger partial charge in [0.05, 0.1) is 17.9 Å².